The van der Waals surface area contributed by atoms with Crippen LogP contribution in [0.3, 0.4) is 0 Å². The Morgan fingerprint density at radius 1 is 0.333 bits per heavy atom. The lowest BCUT2D eigenvalue weighted by Gasteiger charge is -2.15. The van der Waals surface area contributed by atoms with Gasteiger partial charge in [-0.3, -0.25) is 0 Å². The third-order valence-corrected chi connectivity index (χ3v) is 11.6. The molecule has 3 heterocycles. The largest absolute Gasteiger partial charge is 0.245 e. The van der Waals surface area contributed by atoms with Crippen LogP contribution in [0.15, 0.2) is 170 Å². The SMILES string of the molecule is c1ccc(-c2ccc3ccc4ccc(-c5cccc6c(-c7cc8ccc9sc%10ccccc%10c9c8c8ccccc78)cccc56)nc4c3n2)cc1. The van der Waals surface area contributed by atoms with E-state index in [0.29, 0.717) is 0 Å². The molecule has 0 radical (unpaired) electrons. The van der Waals surface area contributed by atoms with E-state index in [0.717, 1.165) is 44.3 Å². The number of hydrogen-bond acceptors (Lipinski definition) is 3. The van der Waals surface area contributed by atoms with Crippen molar-refractivity contribution in [2.45, 2.75) is 0 Å². The van der Waals surface area contributed by atoms with Crippen molar-refractivity contribution in [1.29, 1.82) is 0 Å². The first kappa shape index (κ1) is 28.4. The van der Waals surface area contributed by atoms with Crippen molar-refractivity contribution in [3.05, 3.63) is 170 Å². The van der Waals surface area contributed by atoms with Crippen molar-refractivity contribution in [3.63, 3.8) is 0 Å². The van der Waals surface area contributed by atoms with Gasteiger partial charge in [0.25, 0.3) is 0 Å². The fraction of sp³-hybridized carbons (Fsp3) is 0. The van der Waals surface area contributed by atoms with Gasteiger partial charge in [-0.05, 0) is 73.8 Å². The molecule has 0 aliphatic rings. The average molecular weight is 665 g/mol. The molecule has 0 N–H and O–H groups in total. The van der Waals surface area contributed by atoms with Gasteiger partial charge in [0.1, 0.15) is 0 Å². The number of fused-ring (bicyclic) bond motifs is 11. The Morgan fingerprint density at radius 2 is 0.902 bits per heavy atom. The van der Waals surface area contributed by atoms with E-state index in [2.05, 4.69) is 164 Å². The van der Waals surface area contributed by atoms with Crippen LogP contribution in [0.5, 0.6) is 0 Å². The summed E-state index contributed by atoms with van der Waals surface area (Å²) >= 11 is 1.88. The molecule has 11 aromatic rings. The van der Waals surface area contributed by atoms with Gasteiger partial charge < -0.3 is 0 Å². The molecule has 0 fully saturated rings. The number of nitrogens with zero attached hydrogens (tertiary/aromatic N) is 2. The number of pyridine rings is 2. The summed E-state index contributed by atoms with van der Waals surface area (Å²) in [6.45, 7) is 0. The van der Waals surface area contributed by atoms with Crippen molar-refractivity contribution in [3.8, 4) is 33.6 Å². The first-order chi connectivity index (χ1) is 25.3. The minimum Gasteiger partial charge on any atom is -0.245 e. The highest BCUT2D eigenvalue weighted by atomic mass is 32.1. The molecule has 236 valence electrons. The Kier molecular flexibility index (Phi) is 6.16. The van der Waals surface area contributed by atoms with Gasteiger partial charge in [-0.25, -0.2) is 9.97 Å². The molecular formula is C48H28N2S. The van der Waals surface area contributed by atoms with E-state index in [1.165, 1.54) is 63.6 Å². The first-order valence-electron chi connectivity index (χ1n) is 17.3. The smallest absolute Gasteiger partial charge is 0.0972 e. The minimum absolute atomic E-state index is 0.920. The zero-order valence-electron chi connectivity index (χ0n) is 27.5. The molecule has 0 atom stereocenters. The quantitative estimate of drug-likeness (QED) is 0.176. The predicted octanol–water partition coefficient (Wildman–Crippen LogP) is 13.6. The van der Waals surface area contributed by atoms with Crippen LogP contribution in [0.4, 0.5) is 0 Å². The van der Waals surface area contributed by atoms with Crippen molar-refractivity contribution in [2.75, 3.05) is 0 Å². The Hall–Kier alpha value is -6.42. The summed E-state index contributed by atoms with van der Waals surface area (Å²) in [7, 11) is 0. The summed E-state index contributed by atoms with van der Waals surface area (Å²) in [5.41, 5.74) is 8.42. The van der Waals surface area contributed by atoms with E-state index in [1.54, 1.807) is 0 Å². The topological polar surface area (TPSA) is 25.8 Å². The van der Waals surface area contributed by atoms with E-state index >= 15 is 0 Å². The molecule has 0 aliphatic heterocycles. The van der Waals surface area contributed by atoms with E-state index in [-0.39, 0.29) is 0 Å². The lowest BCUT2D eigenvalue weighted by atomic mass is 9.88. The summed E-state index contributed by atoms with van der Waals surface area (Å²) in [5, 5.41) is 12.4. The van der Waals surface area contributed by atoms with E-state index in [1.807, 2.05) is 17.4 Å². The van der Waals surface area contributed by atoms with Crippen LogP contribution in [-0.2, 0) is 0 Å². The molecule has 51 heavy (non-hydrogen) atoms. The van der Waals surface area contributed by atoms with Crippen LogP contribution in [0.2, 0.25) is 0 Å². The van der Waals surface area contributed by atoms with Gasteiger partial charge in [0.05, 0.1) is 22.4 Å². The van der Waals surface area contributed by atoms with Crippen molar-refractivity contribution in [2.24, 2.45) is 0 Å². The minimum atomic E-state index is 0.920. The fourth-order valence-electron chi connectivity index (χ4n) is 8.09. The number of hydrogen-bond donors (Lipinski definition) is 0. The zero-order valence-corrected chi connectivity index (χ0v) is 28.3. The van der Waals surface area contributed by atoms with Gasteiger partial charge in [0.2, 0.25) is 0 Å². The first-order valence-corrected chi connectivity index (χ1v) is 18.1. The lowest BCUT2D eigenvalue weighted by molar-refractivity contribution is 1.37. The molecule has 2 nitrogen and oxygen atoms in total. The average Bonchev–Trinajstić information content (AvgIpc) is 3.59. The second-order valence-electron chi connectivity index (χ2n) is 13.3. The Bertz CT molecular complexity index is 3190. The number of aromatic nitrogens is 2. The number of thiophene rings is 1. The van der Waals surface area contributed by atoms with Crippen LogP contribution >= 0.6 is 11.3 Å². The number of benzene rings is 8. The fourth-order valence-corrected chi connectivity index (χ4v) is 9.20. The van der Waals surface area contributed by atoms with E-state index < -0.39 is 0 Å². The van der Waals surface area contributed by atoms with Gasteiger partial charge in [-0.2, -0.15) is 0 Å². The molecule has 3 aromatic heterocycles. The summed E-state index contributed by atoms with van der Waals surface area (Å²) < 4.78 is 2.66. The Labute approximate surface area is 297 Å². The summed E-state index contributed by atoms with van der Waals surface area (Å²) in [6, 6.07) is 61.3. The van der Waals surface area contributed by atoms with Crippen LogP contribution in [0.25, 0.3) is 108 Å². The van der Waals surface area contributed by atoms with Crippen molar-refractivity contribution < 1.29 is 0 Å². The molecule has 0 bridgehead atoms. The van der Waals surface area contributed by atoms with Gasteiger partial charge in [-0.15, -0.1) is 11.3 Å². The molecule has 0 unspecified atom stereocenters. The molecular weight excluding hydrogens is 637 g/mol. The molecule has 8 aromatic carbocycles. The molecule has 0 aliphatic carbocycles. The maximum atomic E-state index is 5.34. The summed E-state index contributed by atoms with van der Waals surface area (Å²) in [4.78, 5) is 10.5. The Morgan fingerprint density at radius 3 is 1.71 bits per heavy atom. The maximum absolute atomic E-state index is 5.34. The number of rotatable bonds is 3. The van der Waals surface area contributed by atoms with Crippen molar-refractivity contribution in [1.82, 2.24) is 9.97 Å². The normalized spacial score (nSPS) is 11.9. The highest BCUT2D eigenvalue weighted by Gasteiger charge is 2.17. The predicted molar refractivity (Wildman–Crippen MR) is 219 cm³/mol. The van der Waals surface area contributed by atoms with E-state index in [9.17, 15) is 0 Å². The third-order valence-electron chi connectivity index (χ3n) is 10.4. The maximum Gasteiger partial charge on any atom is 0.0972 e. The van der Waals surface area contributed by atoms with Crippen molar-refractivity contribution >= 4 is 85.6 Å². The van der Waals surface area contributed by atoms with Gasteiger partial charge in [0, 0.05) is 42.1 Å². The van der Waals surface area contributed by atoms with Gasteiger partial charge >= 0.3 is 0 Å². The molecule has 11 rings (SSSR count). The third kappa shape index (κ3) is 4.35. The standard InChI is InChI=1S/C48H28N2S/c1-2-10-29(11-3-1)41-25-22-30-20-21-31-23-26-42(50-48(31)47(30)49-41)37-18-9-15-33-34(37)16-8-17-35(33)40-28-32-24-27-44-46(39-14-6-7-19-43(39)51-44)45(32)38-13-5-4-12-36(38)40/h1-28H. The Balaban J connectivity index is 1.13. The lowest BCUT2D eigenvalue weighted by Crippen LogP contribution is -1.92. The second-order valence-corrected chi connectivity index (χ2v) is 14.4. The highest BCUT2D eigenvalue weighted by Crippen LogP contribution is 2.45. The van der Waals surface area contributed by atoms with Gasteiger partial charge in [-0.1, -0.05) is 140 Å². The second kappa shape index (κ2) is 11.0. The van der Waals surface area contributed by atoms with Crippen LogP contribution in [0.1, 0.15) is 0 Å². The zero-order chi connectivity index (χ0) is 33.5. The van der Waals surface area contributed by atoms with Crippen LogP contribution < -0.4 is 0 Å². The molecule has 3 heteroatoms. The van der Waals surface area contributed by atoms with Gasteiger partial charge in [0.15, 0.2) is 0 Å². The van der Waals surface area contributed by atoms with E-state index in [4.69, 9.17) is 9.97 Å². The molecule has 0 amide bonds. The summed E-state index contributed by atoms with van der Waals surface area (Å²) in [5.74, 6) is 0. The highest BCUT2D eigenvalue weighted by molar-refractivity contribution is 7.26. The monoisotopic (exact) mass is 664 g/mol. The molecule has 0 spiro atoms. The van der Waals surface area contributed by atoms with Crippen LogP contribution in [0, 0.1) is 0 Å². The molecule has 0 saturated heterocycles. The van der Waals surface area contributed by atoms with Crippen LogP contribution in [-0.4, -0.2) is 9.97 Å². The summed E-state index contributed by atoms with van der Waals surface area (Å²) in [6.07, 6.45) is 0. The molecule has 0 saturated carbocycles.